The number of imidazole rings is 1. The zero-order chi connectivity index (χ0) is 28.3. The predicted octanol–water partition coefficient (Wildman–Crippen LogP) is 3.83. The van der Waals surface area contributed by atoms with Crippen LogP contribution in [-0.2, 0) is 11.3 Å². The van der Waals surface area contributed by atoms with Gasteiger partial charge in [-0.2, -0.15) is 4.98 Å². The quantitative estimate of drug-likeness (QED) is 0.349. The molecule has 3 aromatic heterocycles. The number of methoxy groups -OCH3 is 1. The third kappa shape index (κ3) is 4.54. The molecule has 2 aliphatic heterocycles. The molecule has 0 unspecified atom stereocenters. The monoisotopic (exact) mass is 552 g/mol. The molecule has 39 heavy (non-hydrogen) atoms. The van der Waals surface area contributed by atoms with E-state index in [-0.39, 0.29) is 65.1 Å². The zero-order valence-corrected chi connectivity index (χ0v) is 21.1. The molecule has 0 saturated carbocycles. The van der Waals surface area contributed by atoms with E-state index in [9.17, 15) is 8.78 Å². The molecule has 1 N–H and O–H groups in total. The summed E-state index contributed by atoms with van der Waals surface area (Å²) in [4.78, 5) is 10.1. The van der Waals surface area contributed by atoms with Gasteiger partial charge < -0.3 is 19.4 Å². The number of fused-ring (bicyclic) bond motifs is 2. The van der Waals surface area contributed by atoms with Crippen LogP contribution in [0, 0.1) is 18.6 Å². The Morgan fingerprint density at radius 3 is 2.69 bits per heavy atom. The van der Waals surface area contributed by atoms with E-state index in [0.29, 0.717) is 13.0 Å². The molecule has 0 amide bonds. The van der Waals surface area contributed by atoms with Crippen molar-refractivity contribution in [1.29, 1.82) is 0 Å². The van der Waals surface area contributed by atoms with Crippen LogP contribution in [0.3, 0.4) is 0 Å². The maximum atomic E-state index is 15.4. The van der Waals surface area contributed by atoms with Crippen LogP contribution in [0.4, 0.5) is 27.9 Å². The average Bonchev–Trinajstić information content (AvgIpc) is 3.38. The number of nitrogens with one attached hydrogen (secondary N) is 1. The molecule has 14 heteroatoms. The first-order chi connectivity index (χ1) is 19.1. The summed E-state index contributed by atoms with van der Waals surface area (Å²) < 4.78 is 93.1. The molecule has 0 bridgehead atoms. The number of aromatic nitrogens is 5. The Bertz CT molecular complexity index is 1590. The highest BCUT2D eigenvalue weighted by atomic mass is 19.3. The van der Waals surface area contributed by atoms with Crippen molar-refractivity contribution in [1.82, 2.24) is 29.0 Å². The number of nitrogens with zero attached hydrogens (tertiary/aromatic N) is 6. The van der Waals surface area contributed by atoms with Gasteiger partial charge in [-0.05, 0) is 31.0 Å². The summed E-state index contributed by atoms with van der Waals surface area (Å²) in [5, 5.41) is 7.24. The number of aryl methyl sites for hydroxylation is 1. The summed E-state index contributed by atoms with van der Waals surface area (Å²) >= 11 is 0. The molecule has 4 aromatic rings. The molecule has 0 aliphatic carbocycles. The number of ether oxygens (including phenoxy) is 2. The van der Waals surface area contributed by atoms with Crippen molar-refractivity contribution >= 4 is 22.5 Å². The van der Waals surface area contributed by atoms with Gasteiger partial charge in [0.05, 0.1) is 57.6 Å². The number of anilines is 1. The second-order valence-electron chi connectivity index (χ2n) is 9.64. The first-order valence-electron chi connectivity index (χ1n) is 12.9. The number of halogens is 5. The van der Waals surface area contributed by atoms with Crippen LogP contribution in [-0.4, -0.2) is 87.1 Å². The second kappa shape index (κ2) is 9.90. The molecule has 208 valence electrons. The Morgan fingerprint density at radius 2 is 2.03 bits per heavy atom. The highest BCUT2D eigenvalue weighted by Gasteiger charge is 2.36. The number of piperidine rings is 1. The summed E-state index contributed by atoms with van der Waals surface area (Å²) in [5.74, 6) is -1.45. The number of benzene rings is 1. The van der Waals surface area contributed by atoms with Gasteiger partial charge in [-0.15, -0.1) is 5.10 Å². The Labute approximate surface area is 220 Å². The molecule has 2 atom stereocenters. The SMILES string of the molecule is [2H]C1(N2CC[C@@H](Nc3nc(OC)c4c(-c5cc(F)c6nc(C)n(CC(F)F)c6c5)c(F)cn4n3)[C@H](F)C2)COC1. The van der Waals surface area contributed by atoms with Crippen molar-refractivity contribution in [3.05, 3.63) is 35.8 Å². The molecule has 0 radical (unpaired) electrons. The van der Waals surface area contributed by atoms with Crippen molar-refractivity contribution < 1.29 is 32.8 Å². The Hall–Kier alpha value is -3.52. The number of hydrogen-bond acceptors (Lipinski definition) is 7. The summed E-state index contributed by atoms with van der Waals surface area (Å²) in [6, 6.07) is 0.890. The first kappa shape index (κ1) is 24.5. The molecule has 9 nitrogen and oxygen atoms in total. The second-order valence-corrected chi connectivity index (χ2v) is 9.64. The van der Waals surface area contributed by atoms with Crippen molar-refractivity contribution in [3.63, 3.8) is 0 Å². The van der Waals surface area contributed by atoms with E-state index in [1.807, 2.05) is 0 Å². The van der Waals surface area contributed by atoms with Gasteiger partial charge in [0, 0.05) is 13.1 Å². The van der Waals surface area contributed by atoms with Gasteiger partial charge in [0.15, 0.2) is 11.6 Å². The van der Waals surface area contributed by atoms with Gasteiger partial charge in [0.1, 0.15) is 23.0 Å². The standard InChI is InChI=1S/C25H26F5N7O2/c1-12-31-22-15(26)5-13(6-19(22)36(12)9-20(29)30)21-17(28)8-37-23(21)24(38-2)33-25(34-37)32-18-3-4-35(7-16(18)27)14-10-39-11-14/h5-6,8,14,16,18,20H,3-4,7,9-11H2,1-2H3,(H,32,34)/t16-,18-/m1/s1/i14D. The lowest BCUT2D eigenvalue weighted by Crippen LogP contribution is -2.57. The van der Waals surface area contributed by atoms with Gasteiger partial charge in [0.25, 0.3) is 6.43 Å². The first-order valence-corrected chi connectivity index (χ1v) is 12.4. The molecule has 5 heterocycles. The van der Waals surface area contributed by atoms with Gasteiger partial charge in [-0.25, -0.2) is 31.5 Å². The zero-order valence-electron chi connectivity index (χ0n) is 22.1. The normalized spacial score (nSPS) is 21.9. The molecular formula is C25H26F5N7O2. The lowest BCUT2D eigenvalue weighted by atomic mass is 10.0. The largest absolute Gasteiger partial charge is 0.479 e. The minimum absolute atomic E-state index is 0.00756. The van der Waals surface area contributed by atoms with Crippen LogP contribution in [0.5, 0.6) is 5.88 Å². The van der Waals surface area contributed by atoms with Crippen LogP contribution >= 0.6 is 0 Å². The predicted molar refractivity (Wildman–Crippen MR) is 132 cm³/mol. The molecule has 1 aromatic carbocycles. The summed E-state index contributed by atoms with van der Waals surface area (Å²) in [5.41, 5.74) is 0.0329. The van der Waals surface area contributed by atoms with Crippen LogP contribution in [0.2, 0.25) is 0 Å². The molecule has 2 fully saturated rings. The average molecular weight is 553 g/mol. The number of alkyl halides is 3. The van der Waals surface area contributed by atoms with Gasteiger partial charge in [0.2, 0.25) is 11.8 Å². The lowest BCUT2D eigenvalue weighted by Gasteiger charge is -2.42. The lowest BCUT2D eigenvalue weighted by molar-refractivity contribution is -0.0794. The fraction of sp³-hybridized carbons (Fsp3) is 0.480. The van der Waals surface area contributed by atoms with E-state index in [1.165, 1.54) is 24.7 Å². The highest BCUT2D eigenvalue weighted by Crippen LogP contribution is 2.37. The van der Waals surface area contributed by atoms with Crippen LogP contribution in [0.1, 0.15) is 13.6 Å². The maximum Gasteiger partial charge on any atom is 0.256 e. The minimum Gasteiger partial charge on any atom is -0.479 e. The van der Waals surface area contributed by atoms with E-state index in [4.69, 9.17) is 10.8 Å². The summed E-state index contributed by atoms with van der Waals surface area (Å²) in [6.45, 7) is 1.78. The van der Waals surface area contributed by atoms with Crippen molar-refractivity contribution in [3.8, 4) is 17.0 Å². The number of hydrogen-bond donors (Lipinski definition) is 1. The fourth-order valence-electron chi connectivity index (χ4n) is 5.21. The van der Waals surface area contributed by atoms with E-state index in [0.717, 1.165) is 16.8 Å². The van der Waals surface area contributed by atoms with Gasteiger partial charge in [-0.3, -0.25) is 4.90 Å². The fourth-order valence-corrected chi connectivity index (χ4v) is 5.21. The molecule has 2 saturated heterocycles. The number of rotatable bonds is 7. The van der Waals surface area contributed by atoms with E-state index in [1.54, 1.807) is 4.90 Å². The van der Waals surface area contributed by atoms with Crippen molar-refractivity contribution in [2.24, 2.45) is 0 Å². The van der Waals surface area contributed by atoms with Gasteiger partial charge in [-0.1, -0.05) is 0 Å². The third-order valence-corrected chi connectivity index (χ3v) is 7.19. The van der Waals surface area contributed by atoms with Crippen LogP contribution in [0.25, 0.3) is 27.7 Å². The third-order valence-electron chi connectivity index (χ3n) is 7.19. The Balaban J connectivity index is 1.35. The molecule has 2 aliphatic rings. The Morgan fingerprint density at radius 1 is 1.23 bits per heavy atom. The van der Waals surface area contributed by atoms with Gasteiger partial charge >= 0.3 is 0 Å². The molecular weight excluding hydrogens is 525 g/mol. The van der Waals surface area contributed by atoms with Crippen LogP contribution < -0.4 is 10.1 Å². The molecule has 0 spiro atoms. The van der Waals surface area contributed by atoms with Crippen molar-refractivity contribution in [2.75, 3.05) is 38.7 Å². The minimum atomic E-state index is -2.70. The highest BCUT2D eigenvalue weighted by molar-refractivity contribution is 5.90. The smallest absolute Gasteiger partial charge is 0.256 e. The summed E-state index contributed by atoms with van der Waals surface area (Å²) in [6.07, 6.45) is -2.59. The summed E-state index contributed by atoms with van der Waals surface area (Å²) in [7, 11) is 1.32. The topological polar surface area (TPSA) is 81.7 Å². The van der Waals surface area contributed by atoms with E-state index >= 15 is 13.2 Å². The van der Waals surface area contributed by atoms with Crippen molar-refractivity contribution in [2.45, 2.75) is 44.5 Å². The van der Waals surface area contributed by atoms with Crippen LogP contribution in [0.15, 0.2) is 18.3 Å². The number of likely N-dealkylation sites (tertiary alicyclic amines) is 1. The molecule has 6 rings (SSSR count). The van der Waals surface area contributed by atoms with E-state index < -0.39 is 42.8 Å². The maximum absolute atomic E-state index is 15.4. The van der Waals surface area contributed by atoms with E-state index in [2.05, 4.69) is 20.4 Å². The Kier molecular flexibility index (Phi) is 6.22.